The molecule has 0 saturated carbocycles. The number of hydrogen-bond acceptors (Lipinski definition) is 5. The lowest BCUT2D eigenvalue weighted by Crippen LogP contribution is -2.20. The Bertz CT molecular complexity index is 1180. The monoisotopic (exact) mass is 417 g/mol. The Hall–Kier alpha value is -4.51. The summed E-state index contributed by atoms with van der Waals surface area (Å²) in [5.74, 6) is -0.494. The molecule has 3 rings (SSSR count). The Morgan fingerprint density at radius 3 is 2.58 bits per heavy atom. The van der Waals surface area contributed by atoms with Gasteiger partial charge in [0.15, 0.2) is 6.61 Å². The first-order valence-corrected chi connectivity index (χ1v) is 9.10. The zero-order valence-corrected chi connectivity index (χ0v) is 16.1. The zero-order chi connectivity index (χ0) is 22.2. The van der Waals surface area contributed by atoms with Gasteiger partial charge in [-0.1, -0.05) is 30.3 Å². The largest absolute Gasteiger partial charge is 0.483 e. The number of halogens is 1. The first-order chi connectivity index (χ1) is 15.0. The first-order valence-electron chi connectivity index (χ1n) is 9.10. The summed E-state index contributed by atoms with van der Waals surface area (Å²) in [5, 5.41) is 23.1. The van der Waals surface area contributed by atoms with Crippen molar-refractivity contribution in [2.24, 2.45) is 0 Å². The van der Waals surface area contributed by atoms with Crippen molar-refractivity contribution in [3.63, 3.8) is 0 Å². The van der Waals surface area contributed by atoms with E-state index >= 15 is 0 Å². The number of anilines is 1. The molecule has 0 fully saturated rings. The van der Waals surface area contributed by atoms with Crippen molar-refractivity contribution >= 4 is 28.9 Å². The molecular formula is C23H16FN3O4. The van der Waals surface area contributed by atoms with Gasteiger partial charge in [-0.2, -0.15) is 5.26 Å². The van der Waals surface area contributed by atoms with Gasteiger partial charge in [-0.25, -0.2) is 4.39 Å². The van der Waals surface area contributed by atoms with E-state index in [1.165, 1.54) is 48.5 Å². The van der Waals surface area contributed by atoms with E-state index in [1.807, 2.05) is 6.07 Å². The molecule has 154 valence electrons. The first kappa shape index (κ1) is 21.2. The van der Waals surface area contributed by atoms with Crippen LogP contribution in [-0.2, 0) is 4.79 Å². The summed E-state index contributed by atoms with van der Waals surface area (Å²) < 4.78 is 18.5. The summed E-state index contributed by atoms with van der Waals surface area (Å²) >= 11 is 0. The summed E-state index contributed by atoms with van der Waals surface area (Å²) in [4.78, 5) is 22.6. The summed E-state index contributed by atoms with van der Waals surface area (Å²) in [7, 11) is 0. The molecule has 0 aliphatic heterocycles. The molecule has 3 aromatic rings. The zero-order valence-electron chi connectivity index (χ0n) is 16.1. The minimum absolute atomic E-state index is 0.124. The average molecular weight is 417 g/mol. The van der Waals surface area contributed by atoms with Gasteiger partial charge >= 0.3 is 0 Å². The third-order valence-electron chi connectivity index (χ3n) is 4.19. The molecule has 8 heteroatoms. The molecule has 0 bridgehead atoms. The predicted octanol–water partition coefficient (Wildman–Crippen LogP) is 4.82. The van der Waals surface area contributed by atoms with Gasteiger partial charge in [0, 0.05) is 23.4 Å². The van der Waals surface area contributed by atoms with Crippen LogP contribution in [0.4, 0.5) is 15.8 Å². The van der Waals surface area contributed by atoms with Crippen LogP contribution in [0.15, 0.2) is 72.8 Å². The van der Waals surface area contributed by atoms with Crippen LogP contribution >= 0.6 is 0 Å². The van der Waals surface area contributed by atoms with Gasteiger partial charge in [0.25, 0.3) is 11.6 Å². The lowest BCUT2D eigenvalue weighted by molar-refractivity contribution is -0.384. The molecule has 1 N–H and O–H groups in total. The van der Waals surface area contributed by atoms with E-state index in [2.05, 4.69) is 5.32 Å². The smallest absolute Gasteiger partial charge is 0.270 e. The number of nitro groups is 1. The molecule has 1 amide bonds. The van der Waals surface area contributed by atoms with E-state index in [4.69, 9.17) is 4.74 Å². The fourth-order valence-electron chi connectivity index (χ4n) is 2.73. The number of amides is 1. The Balaban J connectivity index is 1.77. The maximum absolute atomic E-state index is 13.0. The molecule has 0 saturated heterocycles. The normalized spacial score (nSPS) is 10.8. The lowest BCUT2D eigenvalue weighted by Gasteiger charge is -2.10. The number of non-ortho nitro benzene ring substituents is 1. The second-order valence-corrected chi connectivity index (χ2v) is 6.36. The molecule has 3 aromatic carbocycles. The van der Waals surface area contributed by atoms with E-state index in [1.54, 1.807) is 30.3 Å². The van der Waals surface area contributed by atoms with Crippen molar-refractivity contribution in [1.29, 1.82) is 5.26 Å². The maximum Gasteiger partial charge on any atom is 0.270 e. The van der Waals surface area contributed by atoms with E-state index in [0.29, 0.717) is 22.6 Å². The Labute approximate surface area is 177 Å². The summed E-state index contributed by atoms with van der Waals surface area (Å²) in [6.07, 6.45) is 1.53. The van der Waals surface area contributed by atoms with Crippen LogP contribution in [0.2, 0.25) is 0 Å². The van der Waals surface area contributed by atoms with Crippen molar-refractivity contribution < 1.29 is 18.8 Å². The van der Waals surface area contributed by atoms with Crippen LogP contribution in [-0.4, -0.2) is 17.4 Å². The van der Waals surface area contributed by atoms with Crippen molar-refractivity contribution in [3.05, 3.63) is 99.9 Å². The van der Waals surface area contributed by atoms with Gasteiger partial charge in [0.2, 0.25) is 0 Å². The molecule has 0 atom stereocenters. The van der Waals surface area contributed by atoms with Gasteiger partial charge in [-0.15, -0.1) is 0 Å². The van der Waals surface area contributed by atoms with Crippen molar-refractivity contribution in [2.75, 3.05) is 11.9 Å². The Morgan fingerprint density at radius 1 is 1.13 bits per heavy atom. The average Bonchev–Trinajstić information content (AvgIpc) is 2.78. The number of nitriles is 1. The van der Waals surface area contributed by atoms with Crippen LogP contribution in [0.1, 0.15) is 11.1 Å². The summed E-state index contributed by atoms with van der Waals surface area (Å²) in [6.45, 7) is -0.305. The van der Waals surface area contributed by atoms with Gasteiger partial charge in [0.1, 0.15) is 11.6 Å². The number of nitrogens with one attached hydrogen (secondary N) is 1. The minimum Gasteiger partial charge on any atom is -0.483 e. The molecule has 0 aliphatic carbocycles. The van der Waals surface area contributed by atoms with Crippen molar-refractivity contribution in [3.8, 4) is 11.8 Å². The number of ether oxygens (including phenoxy) is 1. The van der Waals surface area contributed by atoms with Gasteiger partial charge in [-0.3, -0.25) is 14.9 Å². The quantitative estimate of drug-likeness (QED) is 0.257. The SMILES string of the molecule is N#CC(=Cc1ccccc1OCC(=O)Nc1ccc(F)cc1)c1cccc([N+](=O)[O-])c1. The van der Waals surface area contributed by atoms with Crippen LogP contribution < -0.4 is 10.1 Å². The molecule has 0 heterocycles. The number of nitro benzene ring substituents is 1. The van der Waals surface area contributed by atoms with E-state index < -0.39 is 16.6 Å². The van der Waals surface area contributed by atoms with E-state index in [0.717, 1.165) is 0 Å². The fourth-order valence-corrected chi connectivity index (χ4v) is 2.73. The number of carbonyl (C=O) groups excluding carboxylic acids is 1. The highest BCUT2D eigenvalue weighted by molar-refractivity contribution is 5.93. The van der Waals surface area contributed by atoms with E-state index in [9.17, 15) is 24.6 Å². The third-order valence-corrected chi connectivity index (χ3v) is 4.19. The number of carbonyl (C=O) groups is 1. The number of nitrogens with zero attached hydrogens (tertiary/aromatic N) is 2. The Kier molecular flexibility index (Phi) is 6.71. The number of hydrogen-bond donors (Lipinski definition) is 1. The van der Waals surface area contributed by atoms with Crippen LogP contribution in [0.3, 0.4) is 0 Å². The van der Waals surface area contributed by atoms with Crippen LogP contribution in [0, 0.1) is 27.3 Å². The number of rotatable bonds is 7. The highest BCUT2D eigenvalue weighted by Gasteiger charge is 2.11. The number of benzene rings is 3. The van der Waals surface area contributed by atoms with Crippen molar-refractivity contribution in [1.82, 2.24) is 0 Å². The molecule has 0 radical (unpaired) electrons. The molecule has 0 aromatic heterocycles. The number of para-hydroxylation sites is 1. The molecule has 0 spiro atoms. The standard InChI is InChI=1S/C23H16FN3O4/c24-19-8-10-20(11-9-19)26-23(28)15-31-22-7-2-1-4-17(22)12-18(14-25)16-5-3-6-21(13-16)27(29)30/h1-13H,15H2,(H,26,28). The second kappa shape index (κ2) is 9.80. The lowest BCUT2D eigenvalue weighted by atomic mass is 10.0. The topological polar surface area (TPSA) is 105 Å². The molecule has 7 nitrogen and oxygen atoms in total. The summed E-state index contributed by atoms with van der Waals surface area (Å²) in [5.41, 5.74) is 1.43. The minimum atomic E-state index is -0.532. The highest BCUT2D eigenvalue weighted by atomic mass is 19.1. The molecule has 0 unspecified atom stereocenters. The highest BCUT2D eigenvalue weighted by Crippen LogP contribution is 2.26. The van der Waals surface area contributed by atoms with Crippen LogP contribution in [0.5, 0.6) is 5.75 Å². The maximum atomic E-state index is 13.0. The molecule has 0 aliphatic rings. The van der Waals surface area contributed by atoms with E-state index in [-0.39, 0.29) is 17.9 Å². The Morgan fingerprint density at radius 2 is 1.87 bits per heavy atom. The predicted molar refractivity (Wildman–Crippen MR) is 114 cm³/mol. The number of allylic oxidation sites excluding steroid dienone is 1. The van der Waals surface area contributed by atoms with Gasteiger partial charge in [-0.05, 0) is 42.0 Å². The second-order valence-electron chi connectivity index (χ2n) is 6.36. The van der Waals surface area contributed by atoms with Crippen LogP contribution in [0.25, 0.3) is 11.6 Å². The molecular weight excluding hydrogens is 401 g/mol. The van der Waals surface area contributed by atoms with Gasteiger partial charge < -0.3 is 10.1 Å². The van der Waals surface area contributed by atoms with Crippen molar-refractivity contribution in [2.45, 2.75) is 0 Å². The molecule has 31 heavy (non-hydrogen) atoms. The summed E-state index contributed by atoms with van der Waals surface area (Å²) in [6, 6.07) is 19.9. The van der Waals surface area contributed by atoms with Gasteiger partial charge in [0.05, 0.1) is 16.6 Å². The third kappa shape index (κ3) is 5.74. The fraction of sp³-hybridized carbons (Fsp3) is 0.0435.